The van der Waals surface area contributed by atoms with Crippen molar-refractivity contribution < 1.29 is 14.3 Å². The Bertz CT molecular complexity index is 859. The molecule has 0 amide bonds. The van der Waals surface area contributed by atoms with Gasteiger partial charge in [0, 0.05) is 12.0 Å². The van der Waals surface area contributed by atoms with E-state index >= 15 is 0 Å². The molecule has 0 spiro atoms. The quantitative estimate of drug-likeness (QED) is 0.626. The summed E-state index contributed by atoms with van der Waals surface area (Å²) in [4.78, 5) is 12.5. The van der Waals surface area contributed by atoms with Gasteiger partial charge in [0.1, 0.15) is 18.0 Å². The fraction of sp³-hybridized carbons (Fsp3) is 0.136. The number of ether oxygens (including phenoxy) is 2. The minimum atomic E-state index is -0.331. The van der Waals surface area contributed by atoms with Crippen LogP contribution >= 0.6 is 0 Å². The van der Waals surface area contributed by atoms with Crippen LogP contribution in [0, 0.1) is 0 Å². The third-order valence-corrected chi connectivity index (χ3v) is 4.39. The highest BCUT2D eigenvalue weighted by Crippen LogP contribution is 2.42. The standard InChI is InChI=1S/C22H18O3/c23-22(17-11-5-2-6-12-17)25-21-15-20(16-9-3-1-4-10-16)24-19-14-8-7-13-18(19)21/h1-14,20-21H,15H2/t20-,21+/m0/s1. The fourth-order valence-electron chi connectivity index (χ4n) is 3.13. The molecule has 0 bridgehead atoms. The van der Waals surface area contributed by atoms with E-state index in [2.05, 4.69) is 0 Å². The molecule has 0 aromatic heterocycles. The summed E-state index contributed by atoms with van der Waals surface area (Å²) in [5.41, 5.74) is 2.56. The number of rotatable bonds is 3. The third kappa shape index (κ3) is 3.26. The van der Waals surface area contributed by atoms with Crippen molar-refractivity contribution in [1.29, 1.82) is 0 Å². The van der Waals surface area contributed by atoms with Gasteiger partial charge < -0.3 is 9.47 Å². The molecule has 0 fully saturated rings. The summed E-state index contributed by atoms with van der Waals surface area (Å²) in [5, 5.41) is 0. The van der Waals surface area contributed by atoms with Crippen molar-refractivity contribution in [2.24, 2.45) is 0 Å². The Balaban J connectivity index is 1.62. The van der Waals surface area contributed by atoms with Gasteiger partial charge in [0.05, 0.1) is 5.56 Å². The molecule has 3 aromatic carbocycles. The minimum Gasteiger partial charge on any atom is -0.485 e. The largest absolute Gasteiger partial charge is 0.485 e. The van der Waals surface area contributed by atoms with Crippen LogP contribution in [-0.2, 0) is 4.74 Å². The maximum Gasteiger partial charge on any atom is 0.338 e. The average Bonchev–Trinajstić information content (AvgIpc) is 2.69. The van der Waals surface area contributed by atoms with Crippen molar-refractivity contribution in [2.75, 3.05) is 0 Å². The predicted molar refractivity (Wildman–Crippen MR) is 95.5 cm³/mol. The van der Waals surface area contributed by atoms with Crippen molar-refractivity contribution >= 4 is 5.97 Å². The first-order valence-corrected chi connectivity index (χ1v) is 8.38. The SMILES string of the molecule is O=C(O[C@@H]1C[C@@H](c2ccccc2)Oc2ccccc21)c1ccccc1. The Hall–Kier alpha value is -3.07. The third-order valence-electron chi connectivity index (χ3n) is 4.39. The van der Waals surface area contributed by atoms with Crippen LogP contribution in [0.4, 0.5) is 0 Å². The lowest BCUT2D eigenvalue weighted by atomic mass is 9.95. The second-order valence-corrected chi connectivity index (χ2v) is 6.05. The molecule has 0 radical (unpaired) electrons. The molecule has 4 rings (SSSR count). The molecule has 3 aromatic rings. The van der Waals surface area contributed by atoms with Crippen LogP contribution in [0.1, 0.15) is 40.1 Å². The van der Waals surface area contributed by atoms with E-state index in [0.29, 0.717) is 12.0 Å². The molecular weight excluding hydrogens is 312 g/mol. The second-order valence-electron chi connectivity index (χ2n) is 6.05. The van der Waals surface area contributed by atoms with Gasteiger partial charge in [-0.25, -0.2) is 4.79 Å². The highest BCUT2D eigenvalue weighted by atomic mass is 16.6. The molecule has 124 valence electrons. The van der Waals surface area contributed by atoms with E-state index in [4.69, 9.17) is 9.47 Å². The Labute approximate surface area is 146 Å². The number of carbonyl (C=O) groups excluding carboxylic acids is 1. The van der Waals surface area contributed by atoms with Crippen molar-refractivity contribution in [3.63, 3.8) is 0 Å². The van der Waals surface area contributed by atoms with Gasteiger partial charge in [-0.2, -0.15) is 0 Å². The van der Waals surface area contributed by atoms with E-state index < -0.39 is 0 Å². The zero-order valence-electron chi connectivity index (χ0n) is 13.7. The summed E-state index contributed by atoms with van der Waals surface area (Å²) >= 11 is 0. The molecule has 3 nitrogen and oxygen atoms in total. The molecule has 1 aliphatic heterocycles. The van der Waals surface area contributed by atoms with E-state index in [1.54, 1.807) is 12.1 Å². The van der Waals surface area contributed by atoms with Gasteiger partial charge in [-0.15, -0.1) is 0 Å². The van der Waals surface area contributed by atoms with Crippen LogP contribution < -0.4 is 4.74 Å². The zero-order valence-corrected chi connectivity index (χ0v) is 13.7. The monoisotopic (exact) mass is 330 g/mol. The molecule has 25 heavy (non-hydrogen) atoms. The summed E-state index contributed by atoms with van der Waals surface area (Å²) in [5.74, 6) is 0.461. The van der Waals surface area contributed by atoms with Crippen LogP contribution in [0.2, 0.25) is 0 Å². The van der Waals surface area contributed by atoms with Crippen molar-refractivity contribution in [2.45, 2.75) is 18.6 Å². The van der Waals surface area contributed by atoms with Crippen molar-refractivity contribution in [1.82, 2.24) is 0 Å². The van der Waals surface area contributed by atoms with Crippen LogP contribution in [0.25, 0.3) is 0 Å². The number of hydrogen-bond acceptors (Lipinski definition) is 3. The number of para-hydroxylation sites is 1. The van der Waals surface area contributed by atoms with Gasteiger partial charge in [-0.1, -0.05) is 66.7 Å². The topological polar surface area (TPSA) is 35.5 Å². The molecular formula is C22H18O3. The summed E-state index contributed by atoms with van der Waals surface area (Å²) in [6, 6.07) is 26.9. The number of fused-ring (bicyclic) bond motifs is 1. The lowest BCUT2D eigenvalue weighted by Gasteiger charge is -2.32. The second kappa shape index (κ2) is 6.81. The zero-order chi connectivity index (χ0) is 17.1. The lowest BCUT2D eigenvalue weighted by Crippen LogP contribution is -2.23. The summed E-state index contributed by atoms with van der Waals surface area (Å²) < 4.78 is 12.0. The maximum atomic E-state index is 12.5. The van der Waals surface area contributed by atoms with Gasteiger partial charge in [-0.05, 0) is 23.8 Å². The number of hydrogen-bond donors (Lipinski definition) is 0. The van der Waals surface area contributed by atoms with E-state index in [0.717, 1.165) is 16.9 Å². The van der Waals surface area contributed by atoms with E-state index in [-0.39, 0.29) is 18.2 Å². The van der Waals surface area contributed by atoms with Crippen LogP contribution in [0.5, 0.6) is 5.75 Å². The highest BCUT2D eigenvalue weighted by molar-refractivity contribution is 5.89. The number of carbonyl (C=O) groups is 1. The van der Waals surface area contributed by atoms with Crippen LogP contribution in [0.3, 0.4) is 0 Å². The van der Waals surface area contributed by atoms with Gasteiger partial charge >= 0.3 is 5.97 Å². The first-order chi connectivity index (χ1) is 12.3. The lowest BCUT2D eigenvalue weighted by molar-refractivity contribution is 0.00688. The Kier molecular flexibility index (Phi) is 4.21. The van der Waals surface area contributed by atoms with Gasteiger partial charge in [0.15, 0.2) is 0 Å². The highest BCUT2D eigenvalue weighted by Gasteiger charge is 2.31. The van der Waals surface area contributed by atoms with E-state index in [1.165, 1.54) is 0 Å². The summed E-state index contributed by atoms with van der Waals surface area (Å²) in [6.45, 7) is 0. The molecule has 3 heteroatoms. The Morgan fingerprint density at radius 2 is 1.48 bits per heavy atom. The molecule has 0 N–H and O–H groups in total. The molecule has 2 atom stereocenters. The molecule has 1 heterocycles. The minimum absolute atomic E-state index is 0.135. The van der Waals surface area contributed by atoms with Gasteiger partial charge in [-0.3, -0.25) is 0 Å². The average molecular weight is 330 g/mol. The molecule has 0 aliphatic carbocycles. The molecule has 0 saturated carbocycles. The number of esters is 1. The van der Waals surface area contributed by atoms with Gasteiger partial charge in [0.25, 0.3) is 0 Å². The van der Waals surface area contributed by atoms with Crippen molar-refractivity contribution in [3.8, 4) is 5.75 Å². The molecule has 0 unspecified atom stereocenters. The van der Waals surface area contributed by atoms with Gasteiger partial charge in [0.2, 0.25) is 0 Å². The van der Waals surface area contributed by atoms with Crippen molar-refractivity contribution in [3.05, 3.63) is 102 Å². The summed E-state index contributed by atoms with van der Waals surface area (Å²) in [7, 11) is 0. The van der Waals surface area contributed by atoms with E-state index in [9.17, 15) is 4.79 Å². The maximum absolute atomic E-state index is 12.5. The smallest absolute Gasteiger partial charge is 0.338 e. The normalized spacial score (nSPS) is 18.7. The molecule has 0 saturated heterocycles. The molecule has 1 aliphatic rings. The van der Waals surface area contributed by atoms with Crippen LogP contribution in [0.15, 0.2) is 84.9 Å². The first-order valence-electron chi connectivity index (χ1n) is 8.38. The summed E-state index contributed by atoms with van der Waals surface area (Å²) in [6.07, 6.45) is 0.132. The van der Waals surface area contributed by atoms with Crippen LogP contribution in [-0.4, -0.2) is 5.97 Å². The van der Waals surface area contributed by atoms with E-state index in [1.807, 2.05) is 72.8 Å². The Morgan fingerprint density at radius 1 is 0.840 bits per heavy atom. The fourth-order valence-corrected chi connectivity index (χ4v) is 3.13. The Morgan fingerprint density at radius 3 is 2.24 bits per heavy atom. The first kappa shape index (κ1) is 15.5. The number of benzene rings is 3. The predicted octanol–water partition coefficient (Wildman–Crippen LogP) is 5.11.